The van der Waals surface area contributed by atoms with Crippen LogP contribution in [0, 0.1) is 0 Å². The summed E-state index contributed by atoms with van der Waals surface area (Å²) in [6.45, 7) is 2.46. The van der Waals surface area contributed by atoms with Crippen molar-refractivity contribution in [3.63, 3.8) is 0 Å². The maximum absolute atomic E-state index is 12.0. The molecule has 0 aliphatic heterocycles. The van der Waals surface area contributed by atoms with Gasteiger partial charge < -0.3 is 0 Å². The zero-order valence-corrected chi connectivity index (χ0v) is 13.2. The lowest BCUT2D eigenvalue weighted by Crippen LogP contribution is -2.25. The van der Waals surface area contributed by atoms with Crippen LogP contribution in [0.2, 0.25) is 0 Å². The highest BCUT2D eigenvalue weighted by Crippen LogP contribution is 2.16. The van der Waals surface area contributed by atoms with Gasteiger partial charge in [-0.25, -0.2) is 4.68 Å². The van der Waals surface area contributed by atoms with Gasteiger partial charge in [0.05, 0.1) is 28.6 Å². The summed E-state index contributed by atoms with van der Waals surface area (Å²) < 4.78 is 4.33. The van der Waals surface area contributed by atoms with E-state index < -0.39 is 0 Å². The largest absolute Gasteiger partial charge is 0.282 e. The number of hydrogen-bond donors (Lipinski definition) is 0. The first-order chi connectivity index (χ1) is 8.52. The van der Waals surface area contributed by atoms with Gasteiger partial charge in [0.25, 0.3) is 5.56 Å². The molecule has 0 amide bonds. The van der Waals surface area contributed by atoms with Crippen LogP contribution in [0.15, 0.2) is 26.0 Å². The van der Waals surface area contributed by atoms with Gasteiger partial charge in [-0.15, -0.1) is 0 Å². The van der Waals surface area contributed by atoms with Crippen LogP contribution in [-0.2, 0) is 20.0 Å². The average Bonchev–Trinajstić information content (AvgIpc) is 2.71. The average molecular weight is 376 g/mol. The van der Waals surface area contributed by atoms with Gasteiger partial charge in [-0.05, 0) is 44.3 Å². The molecule has 2 rings (SSSR count). The van der Waals surface area contributed by atoms with E-state index in [2.05, 4.69) is 42.1 Å². The summed E-state index contributed by atoms with van der Waals surface area (Å²) in [7, 11) is 1.87. The number of halogens is 2. The monoisotopic (exact) mass is 374 g/mol. The predicted octanol–water partition coefficient (Wildman–Crippen LogP) is 2.11. The molecule has 0 saturated carbocycles. The molecule has 0 aromatic carbocycles. The van der Waals surface area contributed by atoms with Crippen LogP contribution in [0.1, 0.15) is 18.3 Å². The molecule has 2 aromatic rings. The first kappa shape index (κ1) is 13.5. The van der Waals surface area contributed by atoms with E-state index in [1.54, 1.807) is 10.9 Å². The Morgan fingerprint density at radius 1 is 1.39 bits per heavy atom. The maximum Gasteiger partial charge on any atom is 0.282 e. The van der Waals surface area contributed by atoms with Gasteiger partial charge in [0, 0.05) is 7.05 Å². The van der Waals surface area contributed by atoms with Gasteiger partial charge in [0.2, 0.25) is 0 Å². The molecule has 0 aliphatic carbocycles. The van der Waals surface area contributed by atoms with Gasteiger partial charge in [0.15, 0.2) is 0 Å². The second-order valence-electron chi connectivity index (χ2n) is 3.87. The molecule has 0 spiro atoms. The Labute approximate surface area is 121 Å². The summed E-state index contributed by atoms with van der Waals surface area (Å²) >= 11 is 6.49. The number of nitrogens with zero attached hydrogens (tertiary/aromatic N) is 4. The molecule has 2 aromatic heterocycles. The van der Waals surface area contributed by atoms with Crippen molar-refractivity contribution >= 4 is 31.9 Å². The Morgan fingerprint density at radius 2 is 2.11 bits per heavy atom. The van der Waals surface area contributed by atoms with Gasteiger partial charge in [-0.2, -0.15) is 10.2 Å². The van der Waals surface area contributed by atoms with E-state index in [-0.39, 0.29) is 5.56 Å². The third kappa shape index (κ3) is 2.56. The van der Waals surface area contributed by atoms with E-state index in [1.165, 1.54) is 4.68 Å². The van der Waals surface area contributed by atoms with Gasteiger partial charge in [-0.3, -0.25) is 9.48 Å². The van der Waals surface area contributed by atoms with Gasteiger partial charge in [-0.1, -0.05) is 6.92 Å². The fraction of sp³-hybridized carbons (Fsp3) is 0.364. The molecule has 18 heavy (non-hydrogen) atoms. The molecule has 0 fully saturated rings. The first-order valence-corrected chi connectivity index (χ1v) is 7.04. The molecule has 7 heteroatoms. The van der Waals surface area contributed by atoms with E-state index in [9.17, 15) is 4.79 Å². The Hall–Kier alpha value is -0.950. The van der Waals surface area contributed by atoms with Crippen molar-refractivity contribution < 1.29 is 0 Å². The van der Waals surface area contributed by atoms with Crippen LogP contribution in [0.4, 0.5) is 0 Å². The smallest absolute Gasteiger partial charge is 0.270 e. The molecule has 5 nitrogen and oxygen atoms in total. The van der Waals surface area contributed by atoms with Gasteiger partial charge >= 0.3 is 0 Å². The van der Waals surface area contributed by atoms with Crippen molar-refractivity contribution in [3.05, 3.63) is 43.0 Å². The topological polar surface area (TPSA) is 52.7 Å². The Kier molecular flexibility index (Phi) is 4.01. The van der Waals surface area contributed by atoms with E-state index >= 15 is 0 Å². The Morgan fingerprint density at radius 3 is 2.72 bits per heavy atom. The molecular formula is C11H12Br2N4O. The fourth-order valence-electron chi connectivity index (χ4n) is 1.60. The van der Waals surface area contributed by atoms with Crippen LogP contribution < -0.4 is 5.56 Å². The molecule has 0 aliphatic rings. The highest BCUT2D eigenvalue weighted by molar-refractivity contribution is 9.13. The van der Waals surface area contributed by atoms with Crippen LogP contribution >= 0.6 is 31.9 Å². The van der Waals surface area contributed by atoms with Gasteiger partial charge in [0.1, 0.15) is 4.47 Å². The molecular weight excluding hydrogens is 364 g/mol. The van der Waals surface area contributed by atoms with E-state index in [0.717, 1.165) is 17.8 Å². The van der Waals surface area contributed by atoms with Crippen molar-refractivity contribution in [3.8, 4) is 0 Å². The van der Waals surface area contributed by atoms with Crippen molar-refractivity contribution in [2.45, 2.75) is 19.9 Å². The molecule has 0 N–H and O–H groups in total. The van der Waals surface area contributed by atoms with Crippen molar-refractivity contribution in [2.24, 2.45) is 7.05 Å². The third-order valence-corrected chi connectivity index (χ3v) is 4.54. The second kappa shape index (κ2) is 5.36. The summed E-state index contributed by atoms with van der Waals surface area (Å²) in [4.78, 5) is 12.0. The first-order valence-electron chi connectivity index (χ1n) is 5.45. The highest BCUT2D eigenvalue weighted by Gasteiger charge is 2.10. The Bertz CT molecular complexity index is 632. The molecule has 96 valence electrons. The number of hydrogen-bond acceptors (Lipinski definition) is 3. The summed E-state index contributed by atoms with van der Waals surface area (Å²) in [6.07, 6.45) is 2.47. The third-order valence-electron chi connectivity index (χ3n) is 2.64. The minimum Gasteiger partial charge on any atom is -0.270 e. The zero-order valence-electron chi connectivity index (χ0n) is 10.0. The molecule has 0 saturated heterocycles. The summed E-state index contributed by atoms with van der Waals surface area (Å²) in [5.74, 6) is 0. The van der Waals surface area contributed by atoms with Crippen molar-refractivity contribution in [1.29, 1.82) is 0 Å². The van der Waals surface area contributed by atoms with Crippen LogP contribution in [0.25, 0.3) is 0 Å². The number of aromatic nitrogens is 4. The molecule has 0 bridgehead atoms. The lowest BCUT2D eigenvalue weighted by atomic mass is 10.3. The standard InChI is InChI=1S/C11H12Br2N4O/c1-3-7-4-8(16(2)15-7)6-17-11(18)10(13)9(12)5-14-17/h4-5H,3,6H2,1-2H3. The minimum absolute atomic E-state index is 0.163. The van der Waals surface area contributed by atoms with Crippen molar-refractivity contribution in [2.75, 3.05) is 0 Å². The maximum atomic E-state index is 12.0. The SMILES string of the molecule is CCc1cc(Cn2ncc(Br)c(Br)c2=O)n(C)n1. The summed E-state index contributed by atoms with van der Waals surface area (Å²) in [5.41, 5.74) is 1.80. The van der Waals surface area contributed by atoms with Crippen LogP contribution in [0.3, 0.4) is 0 Å². The van der Waals surface area contributed by atoms with E-state index in [0.29, 0.717) is 15.5 Å². The lowest BCUT2D eigenvalue weighted by Gasteiger charge is -2.05. The second-order valence-corrected chi connectivity index (χ2v) is 5.52. The normalized spacial score (nSPS) is 10.9. The van der Waals surface area contributed by atoms with E-state index in [4.69, 9.17) is 0 Å². The lowest BCUT2D eigenvalue weighted by molar-refractivity contribution is 0.586. The minimum atomic E-state index is -0.163. The molecule has 0 radical (unpaired) electrons. The molecule has 2 heterocycles. The zero-order chi connectivity index (χ0) is 13.3. The number of aryl methyl sites for hydroxylation is 2. The Balaban J connectivity index is 2.37. The molecule has 0 atom stereocenters. The number of rotatable bonds is 3. The van der Waals surface area contributed by atoms with Crippen LogP contribution in [0.5, 0.6) is 0 Å². The van der Waals surface area contributed by atoms with Crippen molar-refractivity contribution in [1.82, 2.24) is 19.6 Å². The molecule has 0 unspecified atom stereocenters. The summed E-state index contributed by atoms with van der Waals surface area (Å²) in [6, 6.07) is 1.99. The fourth-order valence-corrected chi connectivity index (χ4v) is 2.17. The van der Waals surface area contributed by atoms with E-state index in [1.807, 2.05) is 20.0 Å². The highest BCUT2D eigenvalue weighted by atomic mass is 79.9. The predicted molar refractivity (Wildman–Crippen MR) is 75.6 cm³/mol. The quantitative estimate of drug-likeness (QED) is 0.825. The summed E-state index contributed by atoms with van der Waals surface area (Å²) in [5, 5.41) is 8.44. The van der Waals surface area contributed by atoms with Crippen LogP contribution in [-0.4, -0.2) is 19.6 Å².